The summed E-state index contributed by atoms with van der Waals surface area (Å²) >= 11 is 0. The standard InChI is InChI=1S/C17H19N3O4/c1-23-13-6-2-4-11(8-13)15-14(19-10-24-15)17(22)20-7-3-5-12(9-20)16(18)21/h2,4,6,8,10,12H,3,5,7,9H2,1H3,(H2,18,21). The first-order chi connectivity index (χ1) is 11.6. The fourth-order valence-corrected chi connectivity index (χ4v) is 2.91. The number of hydrogen-bond donors (Lipinski definition) is 1. The number of methoxy groups -OCH3 is 1. The van der Waals surface area contributed by atoms with Gasteiger partial charge in [-0.05, 0) is 25.0 Å². The molecule has 7 heteroatoms. The molecule has 0 bridgehead atoms. The van der Waals surface area contributed by atoms with Crippen LogP contribution >= 0.6 is 0 Å². The number of amides is 2. The molecule has 2 amide bonds. The molecule has 0 radical (unpaired) electrons. The van der Waals surface area contributed by atoms with Gasteiger partial charge in [0.05, 0.1) is 13.0 Å². The molecule has 7 nitrogen and oxygen atoms in total. The van der Waals surface area contributed by atoms with E-state index in [1.165, 1.54) is 6.39 Å². The van der Waals surface area contributed by atoms with Crippen LogP contribution in [0.1, 0.15) is 23.3 Å². The average Bonchev–Trinajstić information content (AvgIpc) is 3.11. The van der Waals surface area contributed by atoms with Gasteiger partial charge >= 0.3 is 0 Å². The van der Waals surface area contributed by atoms with Gasteiger partial charge in [-0.3, -0.25) is 9.59 Å². The van der Waals surface area contributed by atoms with Crippen molar-refractivity contribution in [2.75, 3.05) is 20.2 Å². The predicted octanol–water partition coefficient (Wildman–Crippen LogP) is 1.69. The van der Waals surface area contributed by atoms with Gasteiger partial charge < -0.3 is 19.8 Å². The summed E-state index contributed by atoms with van der Waals surface area (Å²) in [6, 6.07) is 7.22. The van der Waals surface area contributed by atoms with E-state index in [9.17, 15) is 9.59 Å². The number of ether oxygens (including phenoxy) is 1. The van der Waals surface area contributed by atoms with Crippen molar-refractivity contribution in [3.63, 3.8) is 0 Å². The fourth-order valence-electron chi connectivity index (χ4n) is 2.91. The number of piperidine rings is 1. The van der Waals surface area contributed by atoms with Gasteiger partial charge in [-0.1, -0.05) is 12.1 Å². The smallest absolute Gasteiger partial charge is 0.276 e. The third kappa shape index (κ3) is 3.10. The highest BCUT2D eigenvalue weighted by Gasteiger charge is 2.30. The van der Waals surface area contributed by atoms with Crippen LogP contribution in [0.4, 0.5) is 0 Å². The van der Waals surface area contributed by atoms with Crippen molar-refractivity contribution >= 4 is 11.8 Å². The van der Waals surface area contributed by atoms with E-state index in [0.29, 0.717) is 36.6 Å². The Morgan fingerprint density at radius 3 is 3.00 bits per heavy atom. The number of rotatable bonds is 4. The monoisotopic (exact) mass is 329 g/mol. The number of benzene rings is 1. The van der Waals surface area contributed by atoms with Crippen molar-refractivity contribution < 1.29 is 18.7 Å². The van der Waals surface area contributed by atoms with Crippen molar-refractivity contribution in [2.24, 2.45) is 11.7 Å². The number of nitrogens with zero attached hydrogens (tertiary/aromatic N) is 2. The van der Waals surface area contributed by atoms with E-state index < -0.39 is 0 Å². The highest BCUT2D eigenvalue weighted by Crippen LogP contribution is 2.28. The van der Waals surface area contributed by atoms with Crippen LogP contribution in [-0.4, -0.2) is 41.9 Å². The molecule has 1 aromatic heterocycles. The molecule has 126 valence electrons. The van der Waals surface area contributed by atoms with E-state index in [0.717, 1.165) is 6.42 Å². The SMILES string of the molecule is COc1cccc(-c2ocnc2C(=O)N2CCCC(C(N)=O)C2)c1. The van der Waals surface area contributed by atoms with Crippen LogP contribution in [0.15, 0.2) is 35.1 Å². The summed E-state index contributed by atoms with van der Waals surface area (Å²) in [5, 5.41) is 0. The summed E-state index contributed by atoms with van der Waals surface area (Å²) in [5.41, 5.74) is 6.31. The molecule has 3 rings (SSSR count). The van der Waals surface area contributed by atoms with Crippen molar-refractivity contribution in [3.8, 4) is 17.1 Å². The number of hydrogen-bond acceptors (Lipinski definition) is 5. The maximum atomic E-state index is 12.8. The minimum absolute atomic E-state index is 0.230. The third-order valence-electron chi connectivity index (χ3n) is 4.21. The second-order valence-electron chi connectivity index (χ2n) is 5.75. The minimum Gasteiger partial charge on any atom is -0.497 e. The number of likely N-dealkylation sites (tertiary alicyclic amines) is 1. The lowest BCUT2D eigenvalue weighted by atomic mass is 9.97. The molecule has 1 saturated heterocycles. The molecule has 1 fully saturated rings. The van der Waals surface area contributed by atoms with Gasteiger partial charge in [0.2, 0.25) is 5.91 Å². The second-order valence-corrected chi connectivity index (χ2v) is 5.75. The van der Waals surface area contributed by atoms with E-state index in [1.807, 2.05) is 18.2 Å². The number of oxazole rings is 1. The summed E-state index contributed by atoms with van der Waals surface area (Å²) in [4.78, 5) is 29.9. The van der Waals surface area contributed by atoms with Gasteiger partial charge in [-0.2, -0.15) is 0 Å². The molecular formula is C17H19N3O4. The Morgan fingerprint density at radius 2 is 2.25 bits per heavy atom. The van der Waals surface area contributed by atoms with Crippen molar-refractivity contribution in [1.29, 1.82) is 0 Å². The first-order valence-electron chi connectivity index (χ1n) is 7.76. The first-order valence-corrected chi connectivity index (χ1v) is 7.76. The zero-order valence-electron chi connectivity index (χ0n) is 13.4. The molecule has 24 heavy (non-hydrogen) atoms. The van der Waals surface area contributed by atoms with Crippen LogP contribution in [-0.2, 0) is 4.79 Å². The van der Waals surface area contributed by atoms with Crippen molar-refractivity contribution in [1.82, 2.24) is 9.88 Å². The summed E-state index contributed by atoms with van der Waals surface area (Å²) in [6.45, 7) is 0.894. The highest BCUT2D eigenvalue weighted by molar-refractivity contribution is 5.98. The van der Waals surface area contributed by atoms with Crippen LogP contribution in [0.2, 0.25) is 0 Å². The molecule has 0 aliphatic carbocycles. The van der Waals surface area contributed by atoms with Crippen LogP contribution in [0.5, 0.6) is 5.75 Å². The topological polar surface area (TPSA) is 98.7 Å². The maximum absolute atomic E-state index is 12.8. The molecule has 2 aromatic rings. The van der Waals surface area contributed by atoms with Gasteiger partial charge in [0.15, 0.2) is 17.8 Å². The Hall–Kier alpha value is -2.83. The number of nitrogens with two attached hydrogens (primary N) is 1. The maximum Gasteiger partial charge on any atom is 0.276 e. The zero-order chi connectivity index (χ0) is 17.1. The minimum atomic E-state index is -0.374. The zero-order valence-corrected chi connectivity index (χ0v) is 13.4. The summed E-state index contributed by atoms with van der Waals surface area (Å²) in [7, 11) is 1.57. The molecule has 1 unspecified atom stereocenters. The molecule has 0 saturated carbocycles. The number of aromatic nitrogens is 1. The lowest BCUT2D eigenvalue weighted by molar-refractivity contribution is -0.123. The van der Waals surface area contributed by atoms with Gasteiger partial charge in [-0.25, -0.2) is 4.98 Å². The quantitative estimate of drug-likeness (QED) is 0.920. The van der Waals surface area contributed by atoms with E-state index in [1.54, 1.807) is 18.1 Å². The van der Waals surface area contributed by atoms with E-state index >= 15 is 0 Å². The van der Waals surface area contributed by atoms with Gasteiger partial charge in [0.1, 0.15) is 5.75 Å². The molecule has 1 aliphatic rings. The Balaban J connectivity index is 1.86. The molecule has 1 atom stereocenters. The number of carbonyl (C=O) groups excluding carboxylic acids is 2. The lowest BCUT2D eigenvalue weighted by Crippen LogP contribution is -2.44. The lowest BCUT2D eigenvalue weighted by Gasteiger charge is -2.30. The third-order valence-corrected chi connectivity index (χ3v) is 4.21. The summed E-state index contributed by atoms with van der Waals surface area (Å²) in [6.07, 6.45) is 2.70. The van der Waals surface area contributed by atoms with Gasteiger partial charge in [0, 0.05) is 18.7 Å². The number of carbonyl (C=O) groups is 2. The molecule has 1 aliphatic heterocycles. The molecule has 0 spiro atoms. The second kappa shape index (κ2) is 6.74. The Kier molecular flexibility index (Phi) is 4.50. The Labute approximate surface area is 139 Å². The number of primary amides is 1. The van der Waals surface area contributed by atoms with Crippen LogP contribution in [0.25, 0.3) is 11.3 Å². The van der Waals surface area contributed by atoms with Crippen molar-refractivity contribution in [3.05, 3.63) is 36.4 Å². The molecule has 2 heterocycles. The summed E-state index contributed by atoms with van der Waals surface area (Å²) in [5.74, 6) is 0.109. The average molecular weight is 329 g/mol. The van der Waals surface area contributed by atoms with E-state index in [-0.39, 0.29) is 23.4 Å². The molecule has 2 N–H and O–H groups in total. The fraction of sp³-hybridized carbons (Fsp3) is 0.353. The van der Waals surface area contributed by atoms with E-state index in [4.69, 9.17) is 14.9 Å². The van der Waals surface area contributed by atoms with Crippen molar-refractivity contribution in [2.45, 2.75) is 12.8 Å². The van der Waals surface area contributed by atoms with Gasteiger partial charge in [0.25, 0.3) is 5.91 Å². The Morgan fingerprint density at radius 1 is 1.42 bits per heavy atom. The molecular weight excluding hydrogens is 310 g/mol. The highest BCUT2D eigenvalue weighted by atomic mass is 16.5. The molecule has 1 aromatic carbocycles. The first kappa shape index (κ1) is 16.0. The van der Waals surface area contributed by atoms with Gasteiger partial charge in [-0.15, -0.1) is 0 Å². The largest absolute Gasteiger partial charge is 0.497 e. The van der Waals surface area contributed by atoms with Crippen LogP contribution in [0, 0.1) is 5.92 Å². The Bertz CT molecular complexity index is 756. The normalized spacial score (nSPS) is 17.5. The van der Waals surface area contributed by atoms with E-state index in [2.05, 4.69) is 4.98 Å². The summed E-state index contributed by atoms with van der Waals surface area (Å²) < 4.78 is 10.6. The van der Waals surface area contributed by atoms with Crippen LogP contribution in [0.3, 0.4) is 0 Å². The predicted molar refractivity (Wildman–Crippen MR) is 86.3 cm³/mol. The van der Waals surface area contributed by atoms with Crippen LogP contribution < -0.4 is 10.5 Å².